The zero-order valence-corrected chi connectivity index (χ0v) is 19.4. The number of rotatable bonds is 7. The van der Waals surface area contributed by atoms with E-state index in [0.717, 1.165) is 47.3 Å². The number of nitrogens with zero attached hydrogens (tertiary/aromatic N) is 1. The molecule has 0 bridgehead atoms. The first kappa shape index (κ1) is 24.6. The largest absolute Gasteiger partial charge is 0.412 e. The van der Waals surface area contributed by atoms with E-state index in [9.17, 15) is 9.00 Å². The minimum Gasteiger partial charge on any atom is -0.412 e. The Morgan fingerprint density at radius 2 is 1.67 bits per heavy atom. The van der Waals surface area contributed by atoms with Gasteiger partial charge in [0.25, 0.3) is 0 Å². The standard InChI is InChI=1S/C26H29N3O2S.H2O/c30-26(28-18-21-7-6-16-27-17-21)29-23-14-12-20(13-15-23)19-32(31)25-11-5-4-10-24(25)22-8-2-1-3-9-22;/h1-11,16-17,20,23H,12-15,18-19H2,(H2,28,29,30);1H2. The maximum atomic E-state index is 13.2. The number of hydrogen-bond acceptors (Lipinski definition) is 3. The van der Waals surface area contributed by atoms with Crippen LogP contribution in [0.4, 0.5) is 4.79 Å². The van der Waals surface area contributed by atoms with Crippen molar-refractivity contribution in [3.05, 3.63) is 84.7 Å². The summed E-state index contributed by atoms with van der Waals surface area (Å²) in [5.74, 6) is 1.08. The van der Waals surface area contributed by atoms with E-state index >= 15 is 0 Å². The summed E-state index contributed by atoms with van der Waals surface area (Å²) in [7, 11) is -1.04. The highest BCUT2D eigenvalue weighted by molar-refractivity contribution is 7.85. The monoisotopic (exact) mass is 465 g/mol. The van der Waals surface area contributed by atoms with E-state index in [2.05, 4.69) is 27.8 Å². The van der Waals surface area contributed by atoms with E-state index in [1.54, 1.807) is 12.4 Å². The molecule has 1 saturated carbocycles. The molecule has 1 aliphatic carbocycles. The van der Waals surface area contributed by atoms with Crippen LogP contribution in [0.5, 0.6) is 0 Å². The van der Waals surface area contributed by atoms with Gasteiger partial charge in [0.15, 0.2) is 0 Å². The third-order valence-corrected chi connectivity index (χ3v) is 7.58. The molecule has 3 aromatic rings. The summed E-state index contributed by atoms with van der Waals surface area (Å²) in [6, 6.07) is 22.0. The summed E-state index contributed by atoms with van der Waals surface area (Å²) in [5.41, 5.74) is 3.12. The molecule has 0 saturated heterocycles. The van der Waals surface area contributed by atoms with Crippen LogP contribution in [-0.4, -0.2) is 32.5 Å². The van der Waals surface area contributed by atoms with Crippen LogP contribution in [0.25, 0.3) is 11.1 Å². The van der Waals surface area contributed by atoms with E-state index in [4.69, 9.17) is 0 Å². The number of urea groups is 1. The Bertz CT molecular complexity index is 1040. The van der Waals surface area contributed by atoms with Gasteiger partial charge < -0.3 is 16.1 Å². The highest BCUT2D eigenvalue weighted by Gasteiger charge is 2.25. The highest BCUT2D eigenvalue weighted by atomic mass is 32.2. The van der Waals surface area contributed by atoms with E-state index in [1.165, 1.54) is 0 Å². The summed E-state index contributed by atoms with van der Waals surface area (Å²) in [5, 5.41) is 5.97. The predicted molar refractivity (Wildman–Crippen MR) is 132 cm³/mol. The molecule has 4 N–H and O–H groups in total. The van der Waals surface area contributed by atoms with Gasteiger partial charge in [-0.25, -0.2) is 4.79 Å². The van der Waals surface area contributed by atoms with Gasteiger partial charge in [-0.1, -0.05) is 54.6 Å². The molecule has 2 aromatic carbocycles. The fourth-order valence-electron chi connectivity index (χ4n) is 4.22. The molecule has 1 fully saturated rings. The smallest absolute Gasteiger partial charge is 0.315 e. The Labute approximate surface area is 197 Å². The Balaban J connectivity index is 0.00000306. The molecule has 7 heteroatoms. The Kier molecular flexibility index (Phi) is 9.15. The highest BCUT2D eigenvalue weighted by Crippen LogP contribution is 2.30. The summed E-state index contributed by atoms with van der Waals surface area (Å²) in [6.07, 6.45) is 7.27. The first-order valence-corrected chi connectivity index (χ1v) is 12.5. The molecular weight excluding hydrogens is 434 g/mol. The third kappa shape index (κ3) is 6.97. The molecule has 33 heavy (non-hydrogen) atoms. The van der Waals surface area contributed by atoms with Crippen LogP contribution in [0.15, 0.2) is 84.0 Å². The van der Waals surface area contributed by atoms with Crippen molar-refractivity contribution in [1.29, 1.82) is 0 Å². The molecule has 2 amide bonds. The van der Waals surface area contributed by atoms with Crippen molar-refractivity contribution in [2.45, 2.75) is 43.2 Å². The zero-order valence-electron chi connectivity index (χ0n) is 18.6. The molecule has 174 valence electrons. The third-order valence-electron chi connectivity index (χ3n) is 5.96. The van der Waals surface area contributed by atoms with Crippen molar-refractivity contribution >= 4 is 16.8 Å². The lowest BCUT2D eigenvalue weighted by atomic mass is 9.87. The average molecular weight is 466 g/mol. The molecule has 1 atom stereocenters. The van der Waals surface area contributed by atoms with Crippen LogP contribution >= 0.6 is 0 Å². The van der Waals surface area contributed by atoms with Crippen LogP contribution in [0.1, 0.15) is 31.2 Å². The molecule has 1 heterocycles. The van der Waals surface area contributed by atoms with Crippen LogP contribution < -0.4 is 10.6 Å². The molecular formula is C26H31N3O3S. The number of benzene rings is 2. The van der Waals surface area contributed by atoms with E-state index < -0.39 is 10.8 Å². The number of nitrogens with one attached hydrogen (secondary N) is 2. The fourth-order valence-corrected chi connectivity index (χ4v) is 5.82. The van der Waals surface area contributed by atoms with Crippen molar-refractivity contribution in [3.8, 4) is 11.1 Å². The van der Waals surface area contributed by atoms with Gasteiger partial charge in [-0.05, 0) is 60.4 Å². The minimum atomic E-state index is -1.04. The molecule has 1 unspecified atom stereocenters. The van der Waals surface area contributed by atoms with Gasteiger partial charge >= 0.3 is 6.03 Å². The first-order chi connectivity index (χ1) is 15.7. The Morgan fingerprint density at radius 3 is 2.39 bits per heavy atom. The summed E-state index contributed by atoms with van der Waals surface area (Å²) in [6.45, 7) is 0.467. The second kappa shape index (κ2) is 12.3. The molecule has 1 aromatic heterocycles. The van der Waals surface area contributed by atoms with Crippen LogP contribution in [0.2, 0.25) is 0 Å². The van der Waals surface area contributed by atoms with E-state index in [-0.39, 0.29) is 17.5 Å². The minimum absolute atomic E-state index is 0. The van der Waals surface area contributed by atoms with Gasteiger partial charge in [-0.3, -0.25) is 9.19 Å². The van der Waals surface area contributed by atoms with Crippen molar-refractivity contribution in [3.63, 3.8) is 0 Å². The number of hydrogen-bond donors (Lipinski definition) is 2. The zero-order chi connectivity index (χ0) is 22.2. The molecule has 1 aliphatic rings. The number of amides is 2. The lowest BCUT2D eigenvalue weighted by Gasteiger charge is -2.29. The molecule has 6 nitrogen and oxygen atoms in total. The molecule has 4 rings (SSSR count). The van der Waals surface area contributed by atoms with Gasteiger partial charge in [-0.2, -0.15) is 0 Å². The van der Waals surface area contributed by atoms with E-state index in [0.29, 0.717) is 18.2 Å². The number of carbonyl (C=O) groups is 1. The fraction of sp³-hybridized carbons (Fsp3) is 0.308. The molecule has 0 radical (unpaired) electrons. The SMILES string of the molecule is O.O=C(NCc1cccnc1)NC1CCC(CS(=O)c2ccccc2-c2ccccc2)CC1. The first-order valence-electron chi connectivity index (χ1n) is 11.1. The van der Waals surface area contributed by atoms with Crippen molar-refractivity contribution in [1.82, 2.24) is 15.6 Å². The number of pyridine rings is 1. The van der Waals surface area contributed by atoms with Crippen LogP contribution in [0.3, 0.4) is 0 Å². The molecule has 0 spiro atoms. The van der Waals surface area contributed by atoms with Crippen LogP contribution in [0, 0.1) is 5.92 Å². The van der Waals surface area contributed by atoms with Crippen molar-refractivity contribution in [2.75, 3.05) is 5.75 Å². The second-order valence-electron chi connectivity index (χ2n) is 8.28. The van der Waals surface area contributed by atoms with Gasteiger partial charge in [-0.15, -0.1) is 0 Å². The Hall–Kier alpha value is -3.03. The van der Waals surface area contributed by atoms with Crippen LogP contribution in [-0.2, 0) is 17.3 Å². The molecule has 0 aliphatic heterocycles. The van der Waals surface area contributed by atoms with Crippen molar-refractivity contribution < 1.29 is 14.5 Å². The Morgan fingerprint density at radius 1 is 0.939 bits per heavy atom. The van der Waals surface area contributed by atoms with Gasteiger partial charge in [0.2, 0.25) is 0 Å². The normalized spacial score (nSPS) is 18.5. The maximum absolute atomic E-state index is 13.2. The topological polar surface area (TPSA) is 103 Å². The van der Waals surface area contributed by atoms with Crippen molar-refractivity contribution in [2.24, 2.45) is 5.92 Å². The van der Waals surface area contributed by atoms with E-state index in [1.807, 2.05) is 54.6 Å². The summed E-state index contributed by atoms with van der Waals surface area (Å²) < 4.78 is 13.2. The summed E-state index contributed by atoms with van der Waals surface area (Å²) in [4.78, 5) is 17.2. The number of carbonyl (C=O) groups excluding carboxylic acids is 1. The quantitative estimate of drug-likeness (QED) is 0.549. The lowest BCUT2D eigenvalue weighted by molar-refractivity contribution is 0.228. The van der Waals surface area contributed by atoms with Gasteiger partial charge in [0.05, 0.1) is 10.8 Å². The van der Waals surface area contributed by atoms with Gasteiger partial charge in [0, 0.05) is 35.6 Å². The van der Waals surface area contributed by atoms with Gasteiger partial charge in [0.1, 0.15) is 0 Å². The summed E-state index contributed by atoms with van der Waals surface area (Å²) >= 11 is 0. The maximum Gasteiger partial charge on any atom is 0.315 e. The second-order valence-corrected chi connectivity index (χ2v) is 9.74. The number of aromatic nitrogens is 1. The average Bonchev–Trinajstić information content (AvgIpc) is 2.85. The predicted octanol–water partition coefficient (Wildman–Crippen LogP) is 4.09. The lowest BCUT2D eigenvalue weighted by Crippen LogP contribution is -2.43.